The van der Waals surface area contributed by atoms with Gasteiger partial charge in [-0.05, 0) is 54.5 Å². The second-order valence-corrected chi connectivity index (χ2v) is 5.67. The number of benzene rings is 2. The summed E-state index contributed by atoms with van der Waals surface area (Å²) in [6.07, 6.45) is 4.97. The summed E-state index contributed by atoms with van der Waals surface area (Å²) in [6.45, 7) is 2.46. The van der Waals surface area contributed by atoms with Gasteiger partial charge in [0.05, 0.1) is 19.3 Å². The number of anilines is 1. The number of rotatable bonds is 8. The van der Waals surface area contributed by atoms with Crippen LogP contribution < -0.4 is 10.1 Å². The fraction of sp³-hybridized carbons (Fsp3) is 0.238. The Bertz CT molecular complexity index is 766. The smallest absolute Gasteiger partial charge is 0.338 e. The molecule has 136 valence electrons. The monoisotopic (exact) mass is 353 g/mol. The molecule has 5 heteroatoms. The van der Waals surface area contributed by atoms with Gasteiger partial charge in [-0.25, -0.2) is 4.79 Å². The summed E-state index contributed by atoms with van der Waals surface area (Å²) < 4.78 is 10.3. The maximum Gasteiger partial charge on any atom is 0.338 e. The molecule has 26 heavy (non-hydrogen) atoms. The van der Waals surface area contributed by atoms with E-state index in [0.29, 0.717) is 17.9 Å². The van der Waals surface area contributed by atoms with E-state index in [-0.39, 0.29) is 11.9 Å². The molecule has 0 aliphatic rings. The highest BCUT2D eigenvalue weighted by Crippen LogP contribution is 2.14. The van der Waals surface area contributed by atoms with Crippen molar-refractivity contribution < 1.29 is 19.1 Å². The number of unbranched alkanes of at least 4 members (excludes halogenated alkanes) is 1. The first-order chi connectivity index (χ1) is 12.6. The summed E-state index contributed by atoms with van der Waals surface area (Å²) in [6, 6.07) is 14.0. The van der Waals surface area contributed by atoms with Crippen LogP contribution in [0.4, 0.5) is 5.69 Å². The highest BCUT2D eigenvalue weighted by atomic mass is 16.5. The number of ether oxygens (including phenoxy) is 2. The molecular weight excluding hydrogens is 330 g/mol. The molecule has 0 saturated carbocycles. The van der Waals surface area contributed by atoms with Gasteiger partial charge in [0.2, 0.25) is 5.91 Å². The molecule has 1 N–H and O–H groups in total. The van der Waals surface area contributed by atoms with Gasteiger partial charge < -0.3 is 14.8 Å². The summed E-state index contributed by atoms with van der Waals surface area (Å²) in [5.41, 5.74) is 1.94. The standard InChI is InChI=1S/C21H23NO4/c1-3-4-14-26-21(24)17-9-11-18(12-10-17)22-20(23)13-8-16-6-5-7-19(15-16)25-2/h5-13,15H,3-4,14H2,1-2H3,(H,22,23)/b13-8+. The lowest BCUT2D eigenvalue weighted by atomic mass is 10.2. The molecule has 0 atom stereocenters. The summed E-state index contributed by atoms with van der Waals surface area (Å²) in [5.74, 6) is 0.120. The Morgan fingerprint density at radius 2 is 1.88 bits per heavy atom. The Kier molecular flexibility index (Phi) is 7.43. The predicted molar refractivity (Wildman–Crippen MR) is 102 cm³/mol. The van der Waals surface area contributed by atoms with E-state index < -0.39 is 0 Å². The van der Waals surface area contributed by atoms with Gasteiger partial charge in [0.15, 0.2) is 0 Å². The van der Waals surface area contributed by atoms with Crippen LogP contribution in [0, 0.1) is 0 Å². The van der Waals surface area contributed by atoms with Crippen LogP contribution in [-0.4, -0.2) is 25.6 Å². The van der Waals surface area contributed by atoms with Gasteiger partial charge >= 0.3 is 5.97 Å². The number of esters is 1. The van der Waals surface area contributed by atoms with Crippen LogP contribution >= 0.6 is 0 Å². The van der Waals surface area contributed by atoms with Gasteiger partial charge in [-0.1, -0.05) is 25.5 Å². The summed E-state index contributed by atoms with van der Waals surface area (Å²) in [7, 11) is 1.60. The van der Waals surface area contributed by atoms with Crippen molar-refractivity contribution in [2.45, 2.75) is 19.8 Å². The van der Waals surface area contributed by atoms with E-state index in [4.69, 9.17) is 9.47 Å². The van der Waals surface area contributed by atoms with Crippen LogP contribution in [0.1, 0.15) is 35.7 Å². The quantitative estimate of drug-likeness (QED) is 0.436. The molecule has 0 spiro atoms. The van der Waals surface area contributed by atoms with Crippen molar-refractivity contribution in [1.82, 2.24) is 0 Å². The van der Waals surface area contributed by atoms with E-state index in [9.17, 15) is 9.59 Å². The van der Waals surface area contributed by atoms with Crippen LogP contribution in [0.25, 0.3) is 6.08 Å². The molecule has 5 nitrogen and oxygen atoms in total. The average molecular weight is 353 g/mol. The number of amides is 1. The minimum absolute atomic E-state index is 0.258. The lowest BCUT2D eigenvalue weighted by Gasteiger charge is -2.06. The molecule has 0 aliphatic heterocycles. The topological polar surface area (TPSA) is 64.6 Å². The third-order valence-corrected chi connectivity index (χ3v) is 3.64. The number of carbonyl (C=O) groups excluding carboxylic acids is 2. The molecule has 0 aromatic heterocycles. The molecule has 0 saturated heterocycles. The number of hydrogen-bond acceptors (Lipinski definition) is 4. The van der Waals surface area contributed by atoms with Gasteiger partial charge in [0.1, 0.15) is 5.75 Å². The van der Waals surface area contributed by atoms with Crippen LogP contribution in [0.3, 0.4) is 0 Å². The average Bonchev–Trinajstić information content (AvgIpc) is 2.67. The maximum absolute atomic E-state index is 12.0. The number of hydrogen-bond donors (Lipinski definition) is 1. The second kappa shape index (κ2) is 10.0. The van der Waals surface area contributed by atoms with E-state index in [0.717, 1.165) is 24.2 Å². The van der Waals surface area contributed by atoms with E-state index in [1.807, 2.05) is 31.2 Å². The highest BCUT2D eigenvalue weighted by Gasteiger charge is 2.07. The SMILES string of the molecule is CCCCOC(=O)c1ccc(NC(=O)/C=C/c2cccc(OC)c2)cc1. The first kappa shape index (κ1) is 19.2. The van der Waals surface area contributed by atoms with Gasteiger partial charge in [-0.2, -0.15) is 0 Å². The lowest BCUT2D eigenvalue weighted by molar-refractivity contribution is -0.111. The largest absolute Gasteiger partial charge is 0.497 e. The van der Waals surface area contributed by atoms with Crippen molar-refractivity contribution in [3.05, 3.63) is 65.7 Å². The molecule has 0 unspecified atom stereocenters. The van der Waals surface area contributed by atoms with Crippen LogP contribution in [0.15, 0.2) is 54.6 Å². The molecule has 0 bridgehead atoms. The maximum atomic E-state index is 12.0. The van der Waals surface area contributed by atoms with E-state index in [1.54, 1.807) is 37.5 Å². The first-order valence-electron chi connectivity index (χ1n) is 8.52. The molecule has 2 rings (SSSR count). The molecule has 2 aromatic rings. The Labute approximate surface area is 153 Å². The Morgan fingerprint density at radius 3 is 2.58 bits per heavy atom. The molecule has 2 aromatic carbocycles. The fourth-order valence-corrected chi connectivity index (χ4v) is 2.18. The predicted octanol–water partition coefficient (Wildman–Crippen LogP) is 4.30. The summed E-state index contributed by atoms with van der Waals surface area (Å²) in [5, 5.41) is 2.75. The second-order valence-electron chi connectivity index (χ2n) is 5.67. The highest BCUT2D eigenvalue weighted by molar-refractivity contribution is 6.02. The third kappa shape index (κ3) is 6.09. The Hall–Kier alpha value is -3.08. The van der Waals surface area contributed by atoms with Crippen molar-refractivity contribution >= 4 is 23.6 Å². The van der Waals surface area contributed by atoms with Gasteiger partial charge in [-0.15, -0.1) is 0 Å². The molecule has 0 heterocycles. The van der Waals surface area contributed by atoms with Crippen LogP contribution in [0.2, 0.25) is 0 Å². The molecule has 0 radical (unpaired) electrons. The van der Waals surface area contributed by atoms with Crippen LogP contribution in [0.5, 0.6) is 5.75 Å². The van der Waals surface area contributed by atoms with E-state index >= 15 is 0 Å². The van der Waals surface area contributed by atoms with E-state index in [2.05, 4.69) is 5.32 Å². The van der Waals surface area contributed by atoms with Crippen molar-refractivity contribution in [2.75, 3.05) is 19.0 Å². The number of carbonyl (C=O) groups is 2. The van der Waals surface area contributed by atoms with Crippen molar-refractivity contribution in [3.8, 4) is 5.75 Å². The summed E-state index contributed by atoms with van der Waals surface area (Å²) >= 11 is 0. The van der Waals surface area contributed by atoms with Crippen molar-refractivity contribution in [3.63, 3.8) is 0 Å². The number of nitrogens with one attached hydrogen (secondary N) is 1. The normalized spacial score (nSPS) is 10.5. The van der Waals surface area contributed by atoms with Crippen molar-refractivity contribution in [2.24, 2.45) is 0 Å². The van der Waals surface area contributed by atoms with Crippen molar-refractivity contribution in [1.29, 1.82) is 0 Å². The zero-order valence-corrected chi connectivity index (χ0v) is 15.0. The molecule has 1 amide bonds. The zero-order valence-electron chi connectivity index (χ0n) is 15.0. The minimum Gasteiger partial charge on any atom is -0.497 e. The molecule has 0 fully saturated rings. The lowest BCUT2D eigenvalue weighted by Crippen LogP contribution is -2.09. The van der Waals surface area contributed by atoms with Gasteiger partial charge in [0.25, 0.3) is 0 Å². The Balaban J connectivity index is 1.90. The summed E-state index contributed by atoms with van der Waals surface area (Å²) in [4.78, 5) is 23.8. The number of methoxy groups -OCH3 is 1. The fourth-order valence-electron chi connectivity index (χ4n) is 2.18. The molecule has 0 aliphatic carbocycles. The first-order valence-corrected chi connectivity index (χ1v) is 8.52. The van der Waals surface area contributed by atoms with Gasteiger partial charge in [0, 0.05) is 11.8 Å². The van der Waals surface area contributed by atoms with Crippen LogP contribution in [-0.2, 0) is 9.53 Å². The minimum atomic E-state index is -0.353. The Morgan fingerprint density at radius 1 is 1.12 bits per heavy atom. The van der Waals surface area contributed by atoms with Gasteiger partial charge in [-0.3, -0.25) is 4.79 Å². The van der Waals surface area contributed by atoms with E-state index in [1.165, 1.54) is 6.08 Å². The molecular formula is C21H23NO4. The zero-order chi connectivity index (χ0) is 18.8. The third-order valence-electron chi connectivity index (χ3n) is 3.64.